The molecular formula is C11H18N4O2. The number of ether oxygens (including phenoxy) is 1. The summed E-state index contributed by atoms with van der Waals surface area (Å²) in [5.74, 6) is 0.486. The number of nitrogens with one attached hydrogen (secondary N) is 1. The molecule has 1 heterocycles. The van der Waals surface area contributed by atoms with Gasteiger partial charge in [0.05, 0.1) is 7.11 Å². The van der Waals surface area contributed by atoms with Crippen LogP contribution in [0.5, 0.6) is 0 Å². The van der Waals surface area contributed by atoms with Gasteiger partial charge < -0.3 is 15.8 Å². The molecule has 1 aromatic rings. The maximum atomic E-state index is 11.7. The van der Waals surface area contributed by atoms with E-state index in [2.05, 4.69) is 10.4 Å². The van der Waals surface area contributed by atoms with E-state index in [0.717, 1.165) is 19.3 Å². The molecule has 0 spiro atoms. The summed E-state index contributed by atoms with van der Waals surface area (Å²) in [5.41, 5.74) is 6.28. The van der Waals surface area contributed by atoms with E-state index in [1.165, 1.54) is 7.11 Å². The summed E-state index contributed by atoms with van der Waals surface area (Å²) < 4.78 is 6.39. The zero-order chi connectivity index (χ0) is 12.4. The number of rotatable bonds is 5. The third kappa shape index (κ3) is 2.35. The average Bonchev–Trinajstić information content (AvgIpc) is 3.06. The molecule has 0 bridgehead atoms. The van der Waals surface area contributed by atoms with E-state index in [9.17, 15) is 4.79 Å². The number of nitrogens with zero attached hydrogens (tertiary/aromatic N) is 2. The summed E-state index contributed by atoms with van der Waals surface area (Å²) in [5, 5.41) is 7.53. The average molecular weight is 238 g/mol. The minimum absolute atomic E-state index is 0.354. The second-order valence-electron chi connectivity index (χ2n) is 4.24. The van der Waals surface area contributed by atoms with E-state index < -0.39 is 5.97 Å². The van der Waals surface area contributed by atoms with Crippen LogP contribution in [0.4, 0.5) is 11.6 Å². The zero-order valence-corrected chi connectivity index (χ0v) is 10.2. The minimum atomic E-state index is -0.437. The highest BCUT2D eigenvalue weighted by Crippen LogP contribution is 2.29. The molecule has 1 saturated carbocycles. The van der Waals surface area contributed by atoms with Gasteiger partial charge in [-0.2, -0.15) is 5.10 Å². The molecule has 2 rings (SSSR count). The molecular weight excluding hydrogens is 220 g/mol. The number of esters is 1. The molecule has 17 heavy (non-hydrogen) atoms. The molecule has 0 saturated heterocycles. The smallest absolute Gasteiger partial charge is 0.345 e. The van der Waals surface area contributed by atoms with Crippen LogP contribution in [0.1, 0.15) is 36.5 Å². The molecule has 6 nitrogen and oxygen atoms in total. The predicted molar refractivity (Wildman–Crippen MR) is 64.9 cm³/mol. The van der Waals surface area contributed by atoms with E-state index in [1.54, 1.807) is 4.68 Å². The summed E-state index contributed by atoms with van der Waals surface area (Å²) in [6, 6.07) is 0.419. The molecule has 6 heteroatoms. The Morgan fingerprint density at radius 2 is 2.35 bits per heavy atom. The largest absolute Gasteiger partial charge is 0.465 e. The second-order valence-corrected chi connectivity index (χ2v) is 4.24. The van der Waals surface area contributed by atoms with Crippen molar-refractivity contribution >= 4 is 17.6 Å². The van der Waals surface area contributed by atoms with Gasteiger partial charge in [-0.05, 0) is 19.3 Å². The summed E-state index contributed by atoms with van der Waals surface area (Å²) >= 11 is 0. The van der Waals surface area contributed by atoms with Gasteiger partial charge in [-0.15, -0.1) is 0 Å². The van der Waals surface area contributed by atoms with Crippen LogP contribution in [0.15, 0.2) is 0 Å². The standard InChI is InChI=1S/C11H18N4O2/c1-3-6-15-9(12)8(11(16)17-2)10(14-15)13-7-4-5-7/h7H,3-6,12H2,1-2H3,(H,13,14). The second kappa shape index (κ2) is 4.65. The fourth-order valence-electron chi connectivity index (χ4n) is 1.68. The van der Waals surface area contributed by atoms with E-state index in [-0.39, 0.29) is 0 Å². The van der Waals surface area contributed by atoms with Gasteiger partial charge in [-0.3, -0.25) is 0 Å². The number of hydrogen-bond acceptors (Lipinski definition) is 5. The van der Waals surface area contributed by atoms with E-state index in [4.69, 9.17) is 10.5 Å². The zero-order valence-electron chi connectivity index (χ0n) is 10.2. The number of nitrogen functional groups attached to an aromatic ring is 1. The van der Waals surface area contributed by atoms with Gasteiger partial charge in [-0.1, -0.05) is 6.92 Å². The lowest BCUT2D eigenvalue weighted by Crippen LogP contribution is -2.10. The third-order valence-corrected chi connectivity index (χ3v) is 2.73. The first-order chi connectivity index (χ1) is 8.17. The third-order valence-electron chi connectivity index (χ3n) is 2.73. The highest BCUT2D eigenvalue weighted by atomic mass is 16.5. The molecule has 1 aromatic heterocycles. The summed E-state index contributed by atoms with van der Waals surface area (Å²) in [6.07, 6.45) is 3.14. The number of hydrogen-bond donors (Lipinski definition) is 2. The first-order valence-corrected chi connectivity index (χ1v) is 5.88. The molecule has 0 aliphatic heterocycles. The number of carbonyl (C=O) groups excluding carboxylic acids is 1. The van der Waals surface area contributed by atoms with Crippen molar-refractivity contribution in [3.8, 4) is 0 Å². The fourth-order valence-corrected chi connectivity index (χ4v) is 1.68. The van der Waals surface area contributed by atoms with Crippen molar-refractivity contribution in [2.24, 2.45) is 0 Å². The topological polar surface area (TPSA) is 82.2 Å². The van der Waals surface area contributed by atoms with Crippen LogP contribution in [0.3, 0.4) is 0 Å². The Labute approximate surface area is 100 Å². The minimum Gasteiger partial charge on any atom is -0.465 e. The lowest BCUT2D eigenvalue weighted by molar-refractivity contribution is 0.0603. The quantitative estimate of drug-likeness (QED) is 0.754. The van der Waals surface area contributed by atoms with E-state index in [0.29, 0.717) is 29.8 Å². The molecule has 1 aliphatic carbocycles. The van der Waals surface area contributed by atoms with Crippen molar-refractivity contribution in [3.63, 3.8) is 0 Å². The first kappa shape index (κ1) is 11.8. The van der Waals surface area contributed by atoms with Crippen LogP contribution in [-0.4, -0.2) is 28.9 Å². The lowest BCUT2D eigenvalue weighted by atomic mass is 10.3. The molecule has 0 amide bonds. The Morgan fingerprint density at radius 3 is 2.88 bits per heavy atom. The van der Waals surface area contributed by atoms with Gasteiger partial charge in [0.25, 0.3) is 0 Å². The van der Waals surface area contributed by atoms with Crippen molar-refractivity contribution in [3.05, 3.63) is 5.56 Å². The van der Waals surface area contributed by atoms with Crippen molar-refractivity contribution in [1.29, 1.82) is 0 Å². The summed E-state index contributed by atoms with van der Waals surface area (Å²) in [6.45, 7) is 2.73. The molecule has 0 atom stereocenters. The van der Waals surface area contributed by atoms with Crippen LogP contribution >= 0.6 is 0 Å². The van der Waals surface area contributed by atoms with Gasteiger partial charge in [0, 0.05) is 12.6 Å². The molecule has 1 aliphatic rings. The normalized spacial score (nSPS) is 14.7. The Balaban J connectivity index is 2.32. The predicted octanol–water partition coefficient (Wildman–Crippen LogP) is 1.24. The maximum Gasteiger partial charge on any atom is 0.345 e. The number of aryl methyl sites for hydroxylation is 1. The highest BCUT2D eigenvalue weighted by molar-refractivity contribution is 5.99. The molecule has 94 valence electrons. The van der Waals surface area contributed by atoms with Crippen LogP contribution in [-0.2, 0) is 11.3 Å². The SMILES string of the molecule is CCCn1nc(NC2CC2)c(C(=O)OC)c1N. The Bertz CT molecular complexity index is 423. The van der Waals surface area contributed by atoms with E-state index >= 15 is 0 Å². The van der Waals surface area contributed by atoms with Crippen molar-refractivity contribution in [1.82, 2.24) is 9.78 Å². The van der Waals surface area contributed by atoms with Crippen LogP contribution in [0, 0.1) is 0 Å². The Morgan fingerprint density at radius 1 is 1.65 bits per heavy atom. The van der Waals surface area contributed by atoms with Gasteiger partial charge in [0.15, 0.2) is 5.82 Å². The Hall–Kier alpha value is -1.72. The van der Waals surface area contributed by atoms with Crippen LogP contribution < -0.4 is 11.1 Å². The summed E-state index contributed by atoms with van der Waals surface area (Å²) in [7, 11) is 1.35. The molecule has 0 radical (unpaired) electrons. The summed E-state index contributed by atoms with van der Waals surface area (Å²) in [4.78, 5) is 11.7. The van der Waals surface area contributed by atoms with Crippen molar-refractivity contribution in [2.75, 3.05) is 18.2 Å². The number of anilines is 2. The fraction of sp³-hybridized carbons (Fsp3) is 0.636. The van der Waals surface area contributed by atoms with Gasteiger partial charge in [0.1, 0.15) is 11.4 Å². The molecule has 1 fully saturated rings. The van der Waals surface area contributed by atoms with Gasteiger partial charge in [-0.25, -0.2) is 9.48 Å². The van der Waals surface area contributed by atoms with Crippen LogP contribution in [0.25, 0.3) is 0 Å². The number of methoxy groups -OCH3 is 1. The van der Waals surface area contributed by atoms with E-state index in [1.807, 2.05) is 6.92 Å². The number of carbonyl (C=O) groups is 1. The number of nitrogens with two attached hydrogens (primary N) is 1. The molecule has 0 aromatic carbocycles. The first-order valence-electron chi connectivity index (χ1n) is 5.88. The maximum absolute atomic E-state index is 11.7. The van der Waals surface area contributed by atoms with Gasteiger partial charge in [0.2, 0.25) is 0 Å². The monoisotopic (exact) mass is 238 g/mol. The van der Waals surface area contributed by atoms with Crippen molar-refractivity contribution in [2.45, 2.75) is 38.8 Å². The Kier molecular flexibility index (Phi) is 3.21. The molecule has 3 N–H and O–H groups in total. The number of aromatic nitrogens is 2. The lowest BCUT2D eigenvalue weighted by Gasteiger charge is -2.02. The van der Waals surface area contributed by atoms with Crippen LogP contribution in [0.2, 0.25) is 0 Å². The van der Waals surface area contributed by atoms with Gasteiger partial charge >= 0.3 is 5.97 Å². The highest BCUT2D eigenvalue weighted by Gasteiger charge is 2.28. The molecule has 0 unspecified atom stereocenters. The van der Waals surface area contributed by atoms with Crippen molar-refractivity contribution < 1.29 is 9.53 Å².